The molecule has 22 heavy (non-hydrogen) atoms. The van der Waals surface area contributed by atoms with E-state index in [-0.39, 0.29) is 17.3 Å². The molecule has 0 unspecified atom stereocenters. The Balaban J connectivity index is 0.00000242. The van der Waals surface area contributed by atoms with E-state index in [1.165, 1.54) is 24.3 Å². The molecule has 0 saturated heterocycles. The topological polar surface area (TPSA) is 88.4 Å². The van der Waals surface area contributed by atoms with Gasteiger partial charge >= 0.3 is 5.63 Å². The van der Waals surface area contributed by atoms with Crippen molar-refractivity contribution in [1.82, 2.24) is 10.0 Å². The van der Waals surface area contributed by atoms with Gasteiger partial charge in [0.25, 0.3) is 0 Å². The van der Waals surface area contributed by atoms with Crippen LogP contribution in [0.3, 0.4) is 0 Å². The average molecular weight is 347 g/mol. The lowest BCUT2D eigenvalue weighted by molar-refractivity contribution is 0.560. The SMILES string of the molecule is CCCNCCNS(=O)(=O)c1ccc2oc(=O)ccc2c1.Cl. The molecule has 0 fully saturated rings. The zero-order valence-electron chi connectivity index (χ0n) is 12.2. The van der Waals surface area contributed by atoms with E-state index < -0.39 is 15.6 Å². The summed E-state index contributed by atoms with van der Waals surface area (Å²) < 4.78 is 31.8. The molecule has 0 spiro atoms. The second-order valence-corrected chi connectivity index (χ2v) is 6.37. The standard InChI is InChI=1S/C14H18N2O4S.ClH/c1-2-7-15-8-9-16-21(18,19)12-4-5-13-11(10-12)3-6-14(17)20-13;/h3-6,10,15-16H,2,7-9H2,1H3;1H. The molecule has 1 aromatic carbocycles. The van der Waals surface area contributed by atoms with Crippen molar-refractivity contribution in [3.8, 4) is 0 Å². The van der Waals surface area contributed by atoms with Crippen LogP contribution in [0.15, 0.2) is 44.4 Å². The first-order valence-electron chi connectivity index (χ1n) is 6.77. The van der Waals surface area contributed by atoms with Crippen molar-refractivity contribution in [1.29, 1.82) is 0 Å². The predicted octanol–water partition coefficient (Wildman–Crippen LogP) is 1.49. The van der Waals surface area contributed by atoms with E-state index in [9.17, 15) is 13.2 Å². The van der Waals surface area contributed by atoms with Crippen molar-refractivity contribution in [2.24, 2.45) is 0 Å². The van der Waals surface area contributed by atoms with Gasteiger partial charge in [-0.25, -0.2) is 17.9 Å². The lowest BCUT2D eigenvalue weighted by atomic mass is 10.2. The number of hydrogen-bond donors (Lipinski definition) is 2. The molecule has 2 aromatic rings. The third kappa shape index (κ3) is 4.81. The summed E-state index contributed by atoms with van der Waals surface area (Å²) in [4.78, 5) is 11.2. The summed E-state index contributed by atoms with van der Waals surface area (Å²) >= 11 is 0. The van der Waals surface area contributed by atoms with Crippen LogP contribution in [-0.2, 0) is 10.0 Å². The maximum absolute atomic E-state index is 12.1. The lowest BCUT2D eigenvalue weighted by Crippen LogP contribution is -2.32. The molecular weight excluding hydrogens is 328 g/mol. The van der Waals surface area contributed by atoms with Crippen molar-refractivity contribution < 1.29 is 12.8 Å². The van der Waals surface area contributed by atoms with Gasteiger partial charge in [0.2, 0.25) is 10.0 Å². The number of benzene rings is 1. The van der Waals surface area contributed by atoms with Crippen molar-refractivity contribution in [3.05, 3.63) is 40.8 Å². The van der Waals surface area contributed by atoms with Gasteiger partial charge < -0.3 is 9.73 Å². The first-order chi connectivity index (χ1) is 10.0. The van der Waals surface area contributed by atoms with Gasteiger partial charge in [0.1, 0.15) is 5.58 Å². The highest BCUT2D eigenvalue weighted by molar-refractivity contribution is 7.89. The summed E-state index contributed by atoms with van der Waals surface area (Å²) in [6.07, 6.45) is 1.00. The largest absolute Gasteiger partial charge is 0.423 e. The van der Waals surface area contributed by atoms with E-state index in [1.807, 2.05) is 6.92 Å². The van der Waals surface area contributed by atoms with Gasteiger partial charge in [-0.1, -0.05) is 6.92 Å². The van der Waals surface area contributed by atoms with Crippen LogP contribution in [0.1, 0.15) is 13.3 Å². The number of halogens is 1. The lowest BCUT2D eigenvalue weighted by Gasteiger charge is -2.08. The van der Waals surface area contributed by atoms with Crippen LogP contribution in [0, 0.1) is 0 Å². The molecule has 0 radical (unpaired) electrons. The average Bonchev–Trinajstić information content (AvgIpc) is 2.46. The molecule has 2 rings (SSSR count). The smallest absolute Gasteiger partial charge is 0.336 e. The van der Waals surface area contributed by atoms with Gasteiger partial charge in [-0.15, -0.1) is 12.4 Å². The monoisotopic (exact) mass is 346 g/mol. The number of sulfonamides is 1. The first kappa shape index (κ1) is 18.6. The Kier molecular flexibility index (Phi) is 7.02. The normalized spacial score (nSPS) is 11.3. The van der Waals surface area contributed by atoms with Gasteiger partial charge in [0.15, 0.2) is 0 Å². The molecule has 8 heteroatoms. The molecule has 0 saturated carbocycles. The highest BCUT2D eigenvalue weighted by Gasteiger charge is 2.14. The summed E-state index contributed by atoms with van der Waals surface area (Å²) in [5.41, 5.74) is -0.0932. The Hall–Kier alpha value is -1.41. The van der Waals surface area contributed by atoms with Gasteiger partial charge in [0.05, 0.1) is 4.90 Å². The number of fused-ring (bicyclic) bond motifs is 1. The van der Waals surface area contributed by atoms with Crippen molar-refractivity contribution >= 4 is 33.4 Å². The van der Waals surface area contributed by atoms with Gasteiger partial charge in [-0.3, -0.25) is 0 Å². The van der Waals surface area contributed by atoms with Crippen LogP contribution in [-0.4, -0.2) is 28.1 Å². The predicted molar refractivity (Wildman–Crippen MR) is 88.1 cm³/mol. The second-order valence-electron chi connectivity index (χ2n) is 4.60. The molecule has 1 aromatic heterocycles. The highest BCUT2D eigenvalue weighted by atomic mass is 35.5. The summed E-state index contributed by atoms with van der Waals surface area (Å²) in [6.45, 7) is 3.81. The third-order valence-electron chi connectivity index (χ3n) is 2.92. The Morgan fingerprint density at radius 1 is 1.09 bits per heavy atom. The molecule has 0 bridgehead atoms. The number of hydrogen-bond acceptors (Lipinski definition) is 5. The zero-order valence-corrected chi connectivity index (χ0v) is 13.8. The summed E-state index contributed by atoms with van der Waals surface area (Å²) in [6, 6.07) is 7.21. The maximum Gasteiger partial charge on any atom is 0.336 e. The fourth-order valence-electron chi connectivity index (χ4n) is 1.88. The quantitative estimate of drug-likeness (QED) is 0.586. The van der Waals surface area contributed by atoms with Gasteiger partial charge in [0, 0.05) is 24.5 Å². The Morgan fingerprint density at radius 2 is 1.86 bits per heavy atom. The van der Waals surface area contributed by atoms with Crippen molar-refractivity contribution in [2.75, 3.05) is 19.6 Å². The fraction of sp³-hybridized carbons (Fsp3) is 0.357. The van der Waals surface area contributed by atoms with E-state index in [0.29, 0.717) is 24.1 Å². The molecule has 122 valence electrons. The van der Waals surface area contributed by atoms with E-state index in [4.69, 9.17) is 4.42 Å². The second kappa shape index (κ2) is 8.28. The van der Waals surface area contributed by atoms with E-state index in [1.54, 1.807) is 6.07 Å². The minimum Gasteiger partial charge on any atom is -0.423 e. The Labute approximate surface area is 135 Å². The van der Waals surface area contributed by atoms with E-state index >= 15 is 0 Å². The number of rotatable bonds is 7. The number of nitrogens with one attached hydrogen (secondary N) is 2. The molecule has 2 N–H and O–H groups in total. The van der Waals surface area contributed by atoms with Crippen LogP contribution in [0.25, 0.3) is 11.0 Å². The van der Waals surface area contributed by atoms with E-state index in [2.05, 4.69) is 10.0 Å². The van der Waals surface area contributed by atoms with Crippen molar-refractivity contribution in [2.45, 2.75) is 18.2 Å². The minimum atomic E-state index is -3.56. The van der Waals surface area contributed by atoms with Crippen LogP contribution >= 0.6 is 12.4 Å². The fourth-order valence-corrected chi connectivity index (χ4v) is 2.94. The molecule has 6 nitrogen and oxygen atoms in total. The molecule has 0 amide bonds. The first-order valence-corrected chi connectivity index (χ1v) is 8.25. The van der Waals surface area contributed by atoms with Crippen LogP contribution in [0.5, 0.6) is 0 Å². The minimum absolute atomic E-state index is 0. The molecule has 1 heterocycles. The molecule has 0 aliphatic rings. The summed E-state index contributed by atoms with van der Waals surface area (Å²) in [7, 11) is -3.56. The Morgan fingerprint density at radius 3 is 2.59 bits per heavy atom. The van der Waals surface area contributed by atoms with Crippen LogP contribution in [0.2, 0.25) is 0 Å². The Bertz CT molecular complexity index is 774. The summed E-state index contributed by atoms with van der Waals surface area (Å²) in [5, 5.41) is 3.69. The summed E-state index contributed by atoms with van der Waals surface area (Å²) in [5.74, 6) is 0. The molecular formula is C14H19ClN2O4S. The third-order valence-corrected chi connectivity index (χ3v) is 4.38. The molecule has 0 aliphatic heterocycles. The zero-order chi connectivity index (χ0) is 15.3. The van der Waals surface area contributed by atoms with E-state index in [0.717, 1.165) is 13.0 Å². The van der Waals surface area contributed by atoms with Crippen LogP contribution in [0.4, 0.5) is 0 Å². The highest BCUT2D eigenvalue weighted by Crippen LogP contribution is 2.17. The molecule has 0 aliphatic carbocycles. The van der Waals surface area contributed by atoms with Gasteiger partial charge in [-0.05, 0) is 37.2 Å². The van der Waals surface area contributed by atoms with Crippen LogP contribution < -0.4 is 15.7 Å². The maximum atomic E-state index is 12.1. The van der Waals surface area contributed by atoms with Gasteiger partial charge in [-0.2, -0.15) is 0 Å². The van der Waals surface area contributed by atoms with Crippen molar-refractivity contribution in [3.63, 3.8) is 0 Å². The molecule has 0 atom stereocenters.